The summed E-state index contributed by atoms with van der Waals surface area (Å²) >= 11 is 16.3. The molecule has 0 spiro atoms. The molecule has 0 amide bonds. The lowest BCUT2D eigenvalue weighted by atomic mass is 9.77. The minimum Gasteiger partial charge on any atom is -0.493 e. The van der Waals surface area contributed by atoms with E-state index in [0.29, 0.717) is 25.0 Å². The van der Waals surface area contributed by atoms with E-state index in [9.17, 15) is 0 Å². The Labute approximate surface area is 360 Å². The lowest BCUT2D eigenvalue weighted by Crippen LogP contribution is -2.13. The fraction of sp³-hybridized carbons (Fsp3) is 0.538. The van der Waals surface area contributed by atoms with E-state index in [1.807, 2.05) is 0 Å². The second-order valence-corrected chi connectivity index (χ2v) is 18.9. The second kappa shape index (κ2) is 22.7. The Morgan fingerprint density at radius 2 is 0.877 bits per heavy atom. The summed E-state index contributed by atoms with van der Waals surface area (Å²) in [6, 6.07) is 27.1. The van der Waals surface area contributed by atoms with Gasteiger partial charge in [0, 0.05) is 33.8 Å². The van der Waals surface area contributed by atoms with Crippen molar-refractivity contribution in [3.63, 3.8) is 0 Å². The Bertz CT molecular complexity index is 1670. The third kappa shape index (κ3) is 12.2. The fourth-order valence-electron chi connectivity index (χ4n) is 9.24. The van der Waals surface area contributed by atoms with Crippen LogP contribution >= 0.6 is 35.0 Å². The largest absolute Gasteiger partial charge is 0.493 e. The van der Waals surface area contributed by atoms with Crippen molar-refractivity contribution in [1.82, 2.24) is 0 Å². The second-order valence-electron chi connectivity index (χ2n) is 17.1. The molecule has 4 aromatic rings. The number of ether oxygens (including phenoxy) is 2. The maximum absolute atomic E-state index is 7.36. The van der Waals surface area contributed by atoms with Gasteiger partial charge in [0.05, 0.1) is 23.3 Å². The smallest absolute Gasteiger partial charge is 0.124 e. The predicted octanol–water partition coefficient (Wildman–Crippen LogP) is 16.8. The summed E-state index contributed by atoms with van der Waals surface area (Å²) in [5.41, 5.74) is 7.55. The summed E-state index contributed by atoms with van der Waals surface area (Å²) < 4.78 is 12.6. The average Bonchev–Trinajstić information content (AvgIpc) is 3.25. The van der Waals surface area contributed by atoms with Gasteiger partial charge in [-0.3, -0.25) is 0 Å². The molecule has 0 N–H and O–H groups in total. The molecule has 0 aromatic heterocycles. The van der Waals surface area contributed by atoms with Crippen LogP contribution in [0.1, 0.15) is 176 Å². The van der Waals surface area contributed by atoms with Crippen LogP contribution in [0.5, 0.6) is 11.5 Å². The Morgan fingerprint density at radius 1 is 0.491 bits per heavy atom. The van der Waals surface area contributed by atoms with Crippen molar-refractivity contribution >= 4 is 35.0 Å². The lowest BCUT2D eigenvalue weighted by Gasteiger charge is -2.29. The van der Waals surface area contributed by atoms with Gasteiger partial charge in [-0.2, -0.15) is 0 Å². The number of unbranched alkanes of at least 4 members (excludes halogenated alkanes) is 2. The van der Waals surface area contributed by atoms with Gasteiger partial charge < -0.3 is 9.47 Å². The first kappa shape index (κ1) is 44.0. The van der Waals surface area contributed by atoms with Crippen LogP contribution < -0.4 is 9.47 Å². The van der Waals surface area contributed by atoms with Crippen molar-refractivity contribution in [2.75, 3.05) is 13.2 Å². The molecule has 0 atom stereocenters. The zero-order valence-corrected chi connectivity index (χ0v) is 37.7. The van der Waals surface area contributed by atoms with E-state index in [2.05, 4.69) is 100 Å². The quantitative estimate of drug-likeness (QED) is 0.0884. The summed E-state index contributed by atoms with van der Waals surface area (Å²) in [7, 11) is 0. The Morgan fingerprint density at radius 3 is 1.23 bits per heavy atom. The van der Waals surface area contributed by atoms with Gasteiger partial charge in [-0.1, -0.05) is 150 Å². The molecule has 2 aliphatic carbocycles. The van der Waals surface area contributed by atoms with Crippen LogP contribution in [-0.2, 0) is 12.8 Å². The van der Waals surface area contributed by atoms with Crippen LogP contribution in [-0.4, -0.2) is 13.2 Å². The van der Waals surface area contributed by atoms with E-state index < -0.39 is 0 Å². The van der Waals surface area contributed by atoms with Crippen molar-refractivity contribution in [3.05, 3.63) is 116 Å². The van der Waals surface area contributed by atoms with E-state index in [1.54, 1.807) is 11.8 Å². The molecule has 308 valence electrons. The SMILES string of the molecule is CCCCC1CCC(c2ccc(Cc3c(OCCC)ccc(Sc4ccc(OCCC)c(Cc5ccc(C6CCC(CCCC)CC6)cc5)c4Cl)c3Cl)cc2)CC1. The average molecular weight is 828 g/mol. The molecule has 0 unspecified atom stereocenters. The highest BCUT2D eigenvalue weighted by molar-refractivity contribution is 7.99. The van der Waals surface area contributed by atoms with Gasteiger partial charge in [-0.25, -0.2) is 0 Å². The van der Waals surface area contributed by atoms with Gasteiger partial charge in [0.15, 0.2) is 0 Å². The van der Waals surface area contributed by atoms with Gasteiger partial charge in [-0.15, -0.1) is 0 Å². The first-order valence-corrected chi connectivity index (χ1v) is 24.2. The number of halogens is 2. The Balaban J connectivity index is 1.18. The van der Waals surface area contributed by atoms with E-state index in [4.69, 9.17) is 32.7 Å². The van der Waals surface area contributed by atoms with Gasteiger partial charge in [0.1, 0.15) is 11.5 Å². The predicted molar refractivity (Wildman–Crippen MR) is 246 cm³/mol. The molecule has 6 rings (SSSR count). The van der Waals surface area contributed by atoms with Crippen molar-refractivity contribution in [2.24, 2.45) is 11.8 Å². The number of benzene rings is 4. The first-order chi connectivity index (χ1) is 27.9. The minimum absolute atomic E-state index is 0.658. The summed E-state index contributed by atoms with van der Waals surface area (Å²) in [5, 5.41) is 1.48. The molecule has 0 heterocycles. The van der Waals surface area contributed by atoms with E-state index in [0.717, 1.165) is 80.0 Å². The Hall–Kier alpha value is -2.59. The lowest BCUT2D eigenvalue weighted by molar-refractivity contribution is 0.304. The normalized spacial score (nSPS) is 19.8. The highest BCUT2D eigenvalue weighted by Crippen LogP contribution is 2.46. The van der Waals surface area contributed by atoms with E-state index >= 15 is 0 Å². The maximum Gasteiger partial charge on any atom is 0.124 e. The molecule has 0 saturated heterocycles. The monoisotopic (exact) mass is 826 g/mol. The molecule has 2 fully saturated rings. The fourth-order valence-corrected chi connectivity index (χ4v) is 10.9. The third-order valence-corrected chi connectivity index (χ3v) is 15.0. The number of hydrogen-bond donors (Lipinski definition) is 0. The minimum atomic E-state index is 0.658. The molecule has 0 bridgehead atoms. The topological polar surface area (TPSA) is 18.5 Å². The third-order valence-electron chi connectivity index (χ3n) is 12.8. The van der Waals surface area contributed by atoms with Crippen LogP contribution in [0, 0.1) is 11.8 Å². The summed E-state index contributed by atoms with van der Waals surface area (Å²) in [6.07, 6.45) is 22.3. The molecule has 5 heteroatoms. The molecule has 0 aliphatic heterocycles. The number of rotatable bonds is 20. The molecule has 2 aliphatic rings. The van der Waals surface area contributed by atoms with Gasteiger partial charge >= 0.3 is 0 Å². The molecular formula is C52H68Cl2O2S. The summed E-state index contributed by atoms with van der Waals surface area (Å²) in [5.74, 6) is 4.94. The van der Waals surface area contributed by atoms with Gasteiger partial charge in [-0.05, 0) is 134 Å². The summed E-state index contributed by atoms with van der Waals surface area (Å²) in [6.45, 7) is 10.2. The molecule has 0 radical (unpaired) electrons. The Kier molecular flexibility index (Phi) is 17.5. The van der Waals surface area contributed by atoms with Crippen molar-refractivity contribution in [3.8, 4) is 11.5 Å². The van der Waals surface area contributed by atoms with Crippen molar-refractivity contribution < 1.29 is 9.47 Å². The van der Waals surface area contributed by atoms with Crippen LogP contribution in [0.25, 0.3) is 0 Å². The standard InChI is InChI=1S/C52H68Cl2O2S/c1-5-9-11-37-13-21-41(22-14-37)43-25-17-39(18-26-43)35-45-47(55-33-7-3)29-31-49(51(45)53)57-50-32-30-48(56-34-8-4)46(52(50)54)36-40-19-27-44(28-20-40)42-23-15-38(16-24-42)12-10-6-2/h17-20,25-32,37-38,41-42H,5-16,21-24,33-36H2,1-4H3. The zero-order chi connectivity index (χ0) is 40.0. The molecule has 2 saturated carbocycles. The van der Waals surface area contributed by atoms with Crippen molar-refractivity contribution in [2.45, 2.75) is 165 Å². The van der Waals surface area contributed by atoms with E-state index in [1.165, 1.54) is 112 Å². The van der Waals surface area contributed by atoms with Crippen LogP contribution in [0.2, 0.25) is 10.0 Å². The van der Waals surface area contributed by atoms with Crippen LogP contribution in [0.3, 0.4) is 0 Å². The highest BCUT2D eigenvalue weighted by Gasteiger charge is 2.24. The molecule has 57 heavy (non-hydrogen) atoms. The number of hydrogen-bond acceptors (Lipinski definition) is 3. The molecule has 4 aromatic carbocycles. The van der Waals surface area contributed by atoms with Gasteiger partial charge in [0.25, 0.3) is 0 Å². The molecular weight excluding hydrogens is 760 g/mol. The first-order valence-electron chi connectivity index (χ1n) is 22.6. The van der Waals surface area contributed by atoms with Crippen molar-refractivity contribution in [1.29, 1.82) is 0 Å². The van der Waals surface area contributed by atoms with E-state index in [-0.39, 0.29) is 0 Å². The highest BCUT2D eigenvalue weighted by atomic mass is 35.5. The summed E-state index contributed by atoms with van der Waals surface area (Å²) in [4.78, 5) is 1.96. The molecule has 2 nitrogen and oxygen atoms in total. The van der Waals surface area contributed by atoms with Crippen LogP contribution in [0.15, 0.2) is 82.6 Å². The van der Waals surface area contributed by atoms with Gasteiger partial charge in [0.2, 0.25) is 0 Å². The van der Waals surface area contributed by atoms with Crippen LogP contribution in [0.4, 0.5) is 0 Å². The maximum atomic E-state index is 7.36. The zero-order valence-electron chi connectivity index (χ0n) is 35.4.